The van der Waals surface area contributed by atoms with Crippen molar-refractivity contribution in [1.82, 2.24) is 15.1 Å². The largest absolute Gasteiger partial charge is 0.338 e. The molecule has 2 aliphatic rings. The summed E-state index contributed by atoms with van der Waals surface area (Å²) in [5.41, 5.74) is 0. The van der Waals surface area contributed by atoms with Gasteiger partial charge in [-0.15, -0.1) is 0 Å². The van der Waals surface area contributed by atoms with E-state index in [-0.39, 0.29) is 6.03 Å². The Kier molecular flexibility index (Phi) is 6.14. The van der Waals surface area contributed by atoms with Gasteiger partial charge in [0.05, 0.1) is 0 Å². The molecule has 2 heterocycles. The summed E-state index contributed by atoms with van der Waals surface area (Å²) in [6, 6.07) is 0.576. The van der Waals surface area contributed by atoms with Crippen LogP contribution in [-0.2, 0) is 0 Å². The first-order valence-electron chi connectivity index (χ1n) is 8.43. The van der Waals surface area contributed by atoms with Crippen LogP contribution in [-0.4, -0.2) is 54.6 Å². The molecule has 116 valence electrons. The Hall–Kier alpha value is -0.770. The van der Waals surface area contributed by atoms with E-state index in [0.717, 1.165) is 26.1 Å². The van der Waals surface area contributed by atoms with E-state index in [4.69, 9.17) is 0 Å². The van der Waals surface area contributed by atoms with E-state index < -0.39 is 0 Å². The molecule has 1 N–H and O–H groups in total. The predicted octanol–water partition coefficient (Wildman–Crippen LogP) is 2.69. The highest BCUT2D eigenvalue weighted by Crippen LogP contribution is 2.19. The SMILES string of the molecule is CC(C)CNC(=O)N1CCCCCC1CN1CCCC1. The van der Waals surface area contributed by atoms with Crippen LogP contribution >= 0.6 is 0 Å². The molecule has 1 unspecified atom stereocenters. The molecule has 2 amide bonds. The number of carbonyl (C=O) groups is 1. The summed E-state index contributed by atoms with van der Waals surface area (Å²) in [5, 5.41) is 3.10. The van der Waals surface area contributed by atoms with Crippen LogP contribution in [0.5, 0.6) is 0 Å². The Morgan fingerprint density at radius 2 is 1.80 bits per heavy atom. The van der Waals surface area contributed by atoms with Crippen molar-refractivity contribution in [3.63, 3.8) is 0 Å². The number of hydrogen-bond acceptors (Lipinski definition) is 2. The van der Waals surface area contributed by atoms with E-state index in [9.17, 15) is 4.79 Å². The summed E-state index contributed by atoms with van der Waals surface area (Å²) in [5.74, 6) is 0.517. The van der Waals surface area contributed by atoms with Gasteiger partial charge in [-0.2, -0.15) is 0 Å². The second-order valence-corrected chi connectivity index (χ2v) is 6.78. The van der Waals surface area contributed by atoms with Crippen LogP contribution in [0.15, 0.2) is 0 Å². The summed E-state index contributed by atoms with van der Waals surface area (Å²) in [6.45, 7) is 9.52. The molecule has 2 saturated heterocycles. The lowest BCUT2D eigenvalue weighted by atomic mass is 10.1. The molecule has 2 fully saturated rings. The minimum Gasteiger partial charge on any atom is -0.338 e. The van der Waals surface area contributed by atoms with Gasteiger partial charge in [0.2, 0.25) is 0 Å². The molecular formula is C16H31N3O. The monoisotopic (exact) mass is 281 g/mol. The molecule has 0 aromatic carbocycles. The van der Waals surface area contributed by atoms with Gasteiger partial charge in [-0.3, -0.25) is 0 Å². The first-order valence-corrected chi connectivity index (χ1v) is 8.43. The van der Waals surface area contributed by atoms with Crippen LogP contribution in [0.3, 0.4) is 0 Å². The van der Waals surface area contributed by atoms with Crippen molar-refractivity contribution in [1.29, 1.82) is 0 Å². The molecule has 2 rings (SSSR count). The van der Waals surface area contributed by atoms with Gasteiger partial charge in [0.1, 0.15) is 0 Å². The lowest BCUT2D eigenvalue weighted by Crippen LogP contribution is -2.50. The molecular weight excluding hydrogens is 250 g/mol. The van der Waals surface area contributed by atoms with Crippen LogP contribution in [0.2, 0.25) is 0 Å². The lowest BCUT2D eigenvalue weighted by Gasteiger charge is -2.33. The van der Waals surface area contributed by atoms with Crippen molar-refractivity contribution in [3.8, 4) is 0 Å². The second-order valence-electron chi connectivity index (χ2n) is 6.78. The average molecular weight is 281 g/mol. The molecule has 0 aromatic rings. The maximum Gasteiger partial charge on any atom is 0.317 e. The zero-order valence-corrected chi connectivity index (χ0v) is 13.2. The van der Waals surface area contributed by atoms with Gasteiger partial charge in [-0.1, -0.05) is 26.7 Å². The Labute approximate surface area is 123 Å². The fraction of sp³-hybridized carbons (Fsp3) is 0.938. The van der Waals surface area contributed by atoms with E-state index in [1.54, 1.807) is 0 Å². The van der Waals surface area contributed by atoms with Gasteiger partial charge in [0.25, 0.3) is 0 Å². The maximum atomic E-state index is 12.4. The Morgan fingerprint density at radius 1 is 1.10 bits per heavy atom. The number of rotatable bonds is 4. The van der Waals surface area contributed by atoms with Gasteiger partial charge >= 0.3 is 6.03 Å². The third-order valence-corrected chi connectivity index (χ3v) is 4.47. The third kappa shape index (κ3) is 4.65. The number of amides is 2. The van der Waals surface area contributed by atoms with Crippen LogP contribution in [0.4, 0.5) is 4.79 Å². The number of carbonyl (C=O) groups excluding carboxylic acids is 1. The number of nitrogens with one attached hydrogen (secondary N) is 1. The van der Waals surface area contributed by atoms with Gasteiger partial charge in [0.15, 0.2) is 0 Å². The van der Waals surface area contributed by atoms with Crippen molar-refractivity contribution in [2.24, 2.45) is 5.92 Å². The molecule has 4 nitrogen and oxygen atoms in total. The number of urea groups is 1. The minimum absolute atomic E-state index is 0.157. The molecule has 20 heavy (non-hydrogen) atoms. The molecule has 0 aromatic heterocycles. The van der Waals surface area contributed by atoms with E-state index >= 15 is 0 Å². The van der Waals surface area contributed by atoms with Gasteiger partial charge in [-0.25, -0.2) is 4.79 Å². The van der Waals surface area contributed by atoms with Gasteiger partial charge < -0.3 is 15.1 Å². The number of nitrogens with zero attached hydrogens (tertiary/aromatic N) is 2. The normalized spacial score (nSPS) is 24.9. The van der Waals surface area contributed by atoms with E-state index in [2.05, 4.69) is 29.0 Å². The Balaban J connectivity index is 1.91. The summed E-state index contributed by atoms with van der Waals surface area (Å²) < 4.78 is 0. The zero-order valence-electron chi connectivity index (χ0n) is 13.2. The maximum absolute atomic E-state index is 12.4. The minimum atomic E-state index is 0.157. The lowest BCUT2D eigenvalue weighted by molar-refractivity contribution is 0.152. The standard InChI is InChI=1S/C16H31N3O/c1-14(2)12-17-16(20)19-11-5-3-4-8-15(19)13-18-9-6-7-10-18/h14-15H,3-13H2,1-2H3,(H,17,20). The highest BCUT2D eigenvalue weighted by atomic mass is 16.2. The van der Waals surface area contributed by atoms with Crippen LogP contribution in [0, 0.1) is 5.92 Å². The molecule has 0 bridgehead atoms. The van der Waals surface area contributed by atoms with Crippen molar-refractivity contribution in [2.45, 2.75) is 58.4 Å². The Morgan fingerprint density at radius 3 is 2.50 bits per heavy atom. The highest BCUT2D eigenvalue weighted by molar-refractivity contribution is 5.74. The van der Waals surface area contributed by atoms with E-state index in [0.29, 0.717) is 12.0 Å². The van der Waals surface area contributed by atoms with Crippen molar-refractivity contribution >= 4 is 6.03 Å². The summed E-state index contributed by atoms with van der Waals surface area (Å²) in [4.78, 5) is 17.1. The second kappa shape index (κ2) is 7.87. The van der Waals surface area contributed by atoms with Crippen molar-refractivity contribution in [3.05, 3.63) is 0 Å². The predicted molar refractivity (Wildman–Crippen MR) is 82.9 cm³/mol. The molecule has 2 aliphatic heterocycles. The molecule has 0 saturated carbocycles. The summed E-state index contributed by atoms with van der Waals surface area (Å²) >= 11 is 0. The molecule has 0 radical (unpaired) electrons. The van der Waals surface area contributed by atoms with Crippen LogP contribution in [0.1, 0.15) is 52.4 Å². The summed E-state index contributed by atoms with van der Waals surface area (Å²) in [6.07, 6.45) is 7.52. The molecule has 1 atom stereocenters. The fourth-order valence-electron chi connectivity index (χ4n) is 3.29. The van der Waals surface area contributed by atoms with E-state index in [1.807, 2.05) is 0 Å². The van der Waals surface area contributed by atoms with Crippen LogP contribution < -0.4 is 5.32 Å². The third-order valence-electron chi connectivity index (χ3n) is 4.47. The number of likely N-dealkylation sites (tertiary alicyclic amines) is 2. The first kappa shape index (κ1) is 15.6. The van der Waals surface area contributed by atoms with Gasteiger partial charge in [0, 0.05) is 25.7 Å². The Bertz CT molecular complexity index is 300. The van der Waals surface area contributed by atoms with E-state index in [1.165, 1.54) is 45.2 Å². The zero-order chi connectivity index (χ0) is 14.4. The first-order chi connectivity index (χ1) is 9.66. The molecule has 0 aliphatic carbocycles. The highest BCUT2D eigenvalue weighted by Gasteiger charge is 2.27. The quantitative estimate of drug-likeness (QED) is 0.860. The topological polar surface area (TPSA) is 35.6 Å². The molecule has 0 spiro atoms. The van der Waals surface area contributed by atoms with Crippen molar-refractivity contribution < 1.29 is 4.79 Å². The van der Waals surface area contributed by atoms with Gasteiger partial charge in [-0.05, 0) is 44.7 Å². The average Bonchev–Trinajstić information content (AvgIpc) is 2.81. The summed E-state index contributed by atoms with van der Waals surface area (Å²) in [7, 11) is 0. The number of hydrogen-bond donors (Lipinski definition) is 1. The van der Waals surface area contributed by atoms with Crippen LogP contribution in [0.25, 0.3) is 0 Å². The van der Waals surface area contributed by atoms with Crippen molar-refractivity contribution in [2.75, 3.05) is 32.7 Å². The molecule has 4 heteroatoms. The smallest absolute Gasteiger partial charge is 0.317 e. The fourth-order valence-corrected chi connectivity index (χ4v) is 3.29.